The van der Waals surface area contributed by atoms with Gasteiger partial charge in [0.2, 0.25) is 0 Å². The van der Waals surface area contributed by atoms with Gasteiger partial charge in [0.1, 0.15) is 0 Å². The molecule has 0 aromatic carbocycles. The van der Waals surface area contributed by atoms with Crippen LogP contribution in [0.15, 0.2) is 0 Å². The van der Waals surface area contributed by atoms with Crippen molar-refractivity contribution < 1.29 is 9.59 Å². The molecule has 0 aliphatic carbocycles. The molecule has 0 atom stereocenters. The van der Waals surface area contributed by atoms with Crippen molar-refractivity contribution >= 4 is 12.1 Å². The Bertz CT molecular complexity index is 617. The summed E-state index contributed by atoms with van der Waals surface area (Å²) in [5.41, 5.74) is 0. The second-order valence-electron chi connectivity index (χ2n) is 11.3. The van der Waals surface area contributed by atoms with Crippen LogP contribution in [0.25, 0.3) is 0 Å². The van der Waals surface area contributed by atoms with Crippen molar-refractivity contribution in [2.24, 2.45) is 0 Å². The van der Waals surface area contributed by atoms with Crippen molar-refractivity contribution in [3.05, 3.63) is 0 Å². The molecule has 0 saturated carbocycles. The summed E-state index contributed by atoms with van der Waals surface area (Å²) in [6.45, 7) is 12.0. The van der Waals surface area contributed by atoms with E-state index in [1.54, 1.807) is 0 Å². The maximum Gasteiger partial charge on any atom is 0.320 e. The quantitative estimate of drug-likeness (QED) is 0.255. The predicted molar refractivity (Wildman–Crippen MR) is 148 cm³/mol. The van der Waals surface area contributed by atoms with E-state index in [1.807, 2.05) is 14.7 Å². The van der Waals surface area contributed by atoms with Gasteiger partial charge in [0.25, 0.3) is 0 Å². The zero-order valence-electron chi connectivity index (χ0n) is 23.4. The van der Waals surface area contributed by atoms with E-state index >= 15 is 0 Å². The third-order valence-corrected chi connectivity index (χ3v) is 8.42. The lowest BCUT2D eigenvalue weighted by Crippen LogP contribution is -2.54. The summed E-state index contributed by atoms with van der Waals surface area (Å²) in [5.74, 6) is 0. The zero-order valence-corrected chi connectivity index (χ0v) is 23.4. The number of carbonyl (C=O) groups is 2. The Morgan fingerprint density at radius 3 is 1.64 bits per heavy atom. The van der Waals surface area contributed by atoms with Crippen LogP contribution in [0, 0.1) is 0 Å². The highest BCUT2D eigenvalue weighted by Gasteiger charge is 2.29. The number of piperidine rings is 1. The number of amides is 4. The monoisotopic (exact) mass is 505 g/mol. The minimum atomic E-state index is 0.233. The molecule has 0 spiro atoms. The number of unbranched alkanes of at least 4 members (excludes halogenated alkanes) is 11. The fraction of sp³-hybridized carbons (Fsp3) is 0.931. The van der Waals surface area contributed by atoms with Crippen molar-refractivity contribution in [3.8, 4) is 0 Å². The molecule has 3 saturated heterocycles. The molecular weight excluding hydrogens is 450 g/mol. The van der Waals surface area contributed by atoms with Gasteiger partial charge in [-0.2, -0.15) is 0 Å². The first-order valence-electron chi connectivity index (χ1n) is 15.5. The molecule has 0 unspecified atom stereocenters. The number of hydrogen-bond acceptors (Lipinski definition) is 3. The summed E-state index contributed by atoms with van der Waals surface area (Å²) in [7, 11) is 0. The highest BCUT2D eigenvalue weighted by molar-refractivity contribution is 5.76. The fourth-order valence-electron chi connectivity index (χ4n) is 5.90. The minimum Gasteiger partial charge on any atom is -0.325 e. The largest absolute Gasteiger partial charge is 0.325 e. The van der Waals surface area contributed by atoms with Crippen LogP contribution < -0.4 is 0 Å². The van der Waals surface area contributed by atoms with Crippen molar-refractivity contribution in [1.82, 2.24) is 24.5 Å². The van der Waals surface area contributed by atoms with Gasteiger partial charge in [0, 0.05) is 72.0 Å². The first-order chi connectivity index (χ1) is 17.7. The lowest BCUT2D eigenvalue weighted by atomic mass is 10.1. The van der Waals surface area contributed by atoms with Crippen LogP contribution in [0.5, 0.6) is 0 Å². The molecule has 0 radical (unpaired) electrons. The first-order valence-corrected chi connectivity index (χ1v) is 15.5. The average Bonchev–Trinajstić information content (AvgIpc) is 3.27. The summed E-state index contributed by atoms with van der Waals surface area (Å²) in [6.07, 6.45) is 19.8. The molecule has 4 amide bonds. The number of carbonyl (C=O) groups excluding carboxylic acids is 2. The average molecular weight is 506 g/mol. The van der Waals surface area contributed by atoms with Crippen LogP contribution in [0.1, 0.15) is 103 Å². The lowest BCUT2D eigenvalue weighted by molar-refractivity contribution is 0.104. The van der Waals surface area contributed by atoms with Crippen LogP contribution in [0.3, 0.4) is 0 Å². The standard InChI is InChI=1S/C29H55N5O2/c1-2-3-4-5-6-7-8-9-10-11-12-14-19-32-26-27-34(29(32)36)25-22-30-20-23-33(24-21-30)28(35)31-17-15-13-16-18-31/h2-27H2,1H3. The van der Waals surface area contributed by atoms with Crippen molar-refractivity contribution in [2.75, 3.05) is 72.0 Å². The third kappa shape index (κ3) is 10.1. The van der Waals surface area contributed by atoms with Gasteiger partial charge >= 0.3 is 12.1 Å². The highest BCUT2D eigenvalue weighted by atomic mass is 16.2. The number of piperazine rings is 1. The summed E-state index contributed by atoms with van der Waals surface area (Å²) in [4.78, 5) is 36.1. The Balaban J connectivity index is 1.17. The van der Waals surface area contributed by atoms with Gasteiger partial charge in [0.15, 0.2) is 0 Å². The molecule has 0 N–H and O–H groups in total. The molecule has 0 aromatic rings. The van der Waals surface area contributed by atoms with Gasteiger partial charge in [-0.3, -0.25) is 4.90 Å². The van der Waals surface area contributed by atoms with Gasteiger partial charge < -0.3 is 19.6 Å². The van der Waals surface area contributed by atoms with E-state index in [0.29, 0.717) is 0 Å². The van der Waals surface area contributed by atoms with Crippen LogP contribution in [-0.2, 0) is 0 Å². The number of hydrogen-bond donors (Lipinski definition) is 0. The number of urea groups is 2. The SMILES string of the molecule is CCCCCCCCCCCCCCN1CCN(CCN2CCN(C(=O)N3CCCCC3)CC2)C1=O. The summed E-state index contributed by atoms with van der Waals surface area (Å²) in [6, 6.07) is 0.467. The van der Waals surface area contributed by atoms with Crippen LogP contribution in [0.2, 0.25) is 0 Å². The Morgan fingerprint density at radius 2 is 1.06 bits per heavy atom. The smallest absolute Gasteiger partial charge is 0.320 e. The molecule has 0 bridgehead atoms. The van der Waals surface area contributed by atoms with Gasteiger partial charge in [-0.25, -0.2) is 9.59 Å². The summed E-state index contributed by atoms with van der Waals surface area (Å²) >= 11 is 0. The van der Waals surface area contributed by atoms with Gasteiger partial charge in [0.05, 0.1) is 0 Å². The predicted octanol–water partition coefficient (Wildman–Crippen LogP) is 5.65. The Kier molecular flexibility index (Phi) is 13.8. The molecule has 3 rings (SSSR count). The molecule has 0 aromatic heterocycles. The van der Waals surface area contributed by atoms with Crippen molar-refractivity contribution in [3.63, 3.8) is 0 Å². The first kappa shape index (κ1) is 29.1. The van der Waals surface area contributed by atoms with Crippen LogP contribution in [-0.4, -0.2) is 109 Å². The highest BCUT2D eigenvalue weighted by Crippen LogP contribution is 2.15. The lowest BCUT2D eigenvalue weighted by Gasteiger charge is -2.38. The summed E-state index contributed by atoms with van der Waals surface area (Å²) < 4.78 is 0. The van der Waals surface area contributed by atoms with E-state index in [-0.39, 0.29) is 12.1 Å². The normalized spacial score (nSPS) is 19.5. The molecule has 208 valence electrons. The topological polar surface area (TPSA) is 50.3 Å². The maximum atomic E-state index is 12.8. The van der Waals surface area contributed by atoms with Crippen LogP contribution in [0.4, 0.5) is 9.59 Å². The Hall–Kier alpha value is -1.50. The number of likely N-dealkylation sites (tertiary alicyclic amines) is 1. The molecule has 3 fully saturated rings. The molecule has 3 aliphatic heterocycles. The van der Waals surface area contributed by atoms with Gasteiger partial charge in [-0.05, 0) is 25.7 Å². The van der Waals surface area contributed by atoms with E-state index in [4.69, 9.17) is 0 Å². The zero-order chi connectivity index (χ0) is 25.4. The fourth-order valence-corrected chi connectivity index (χ4v) is 5.90. The molecule has 36 heavy (non-hydrogen) atoms. The van der Waals surface area contributed by atoms with Gasteiger partial charge in [-0.1, -0.05) is 77.6 Å². The number of rotatable bonds is 16. The van der Waals surface area contributed by atoms with Crippen molar-refractivity contribution in [1.29, 1.82) is 0 Å². The molecule has 7 heteroatoms. The molecular formula is C29H55N5O2. The third-order valence-electron chi connectivity index (χ3n) is 8.42. The summed E-state index contributed by atoms with van der Waals surface area (Å²) in [5, 5.41) is 0. The van der Waals surface area contributed by atoms with Crippen LogP contribution >= 0.6 is 0 Å². The van der Waals surface area contributed by atoms with E-state index in [1.165, 1.54) is 77.0 Å². The molecule has 3 aliphatic rings. The maximum absolute atomic E-state index is 12.8. The molecule has 3 heterocycles. The molecule has 7 nitrogen and oxygen atoms in total. The van der Waals surface area contributed by atoms with E-state index in [9.17, 15) is 9.59 Å². The van der Waals surface area contributed by atoms with Gasteiger partial charge in [-0.15, -0.1) is 0 Å². The van der Waals surface area contributed by atoms with E-state index in [2.05, 4.69) is 16.7 Å². The minimum absolute atomic E-state index is 0.233. The van der Waals surface area contributed by atoms with Crippen molar-refractivity contribution in [2.45, 2.75) is 103 Å². The Morgan fingerprint density at radius 1 is 0.556 bits per heavy atom. The second-order valence-corrected chi connectivity index (χ2v) is 11.3. The number of nitrogens with zero attached hydrogens (tertiary/aromatic N) is 5. The Labute approximate surface area is 221 Å². The van der Waals surface area contributed by atoms with E-state index < -0.39 is 0 Å². The second kappa shape index (κ2) is 17.1. The van der Waals surface area contributed by atoms with E-state index in [0.717, 1.165) is 91.3 Å².